The molecule has 0 aliphatic carbocycles. The second-order valence-electron chi connectivity index (χ2n) is 5.03. The fourth-order valence-corrected chi connectivity index (χ4v) is 2.39. The first kappa shape index (κ1) is 14.4. The summed E-state index contributed by atoms with van der Waals surface area (Å²) in [5.74, 6) is 0.257. The van der Waals surface area contributed by atoms with E-state index in [1.807, 2.05) is 59.3 Å². The molecule has 0 unspecified atom stereocenters. The molecular weight excluding hydrogens is 278 g/mol. The molecule has 3 aromatic rings. The number of hydrogen-bond acceptors (Lipinski definition) is 3. The van der Waals surface area contributed by atoms with Crippen molar-refractivity contribution < 1.29 is 14.3 Å². The van der Waals surface area contributed by atoms with E-state index in [4.69, 9.17) is 9.47 Å². The van der Waals surface area contributed by atoms with Crippen molar-refractivity contribution in [1.29, 1.82) is 0 Å². The van der Waals surface area contributed by atoms with Gasteiger partial charge in [-0.1, -0.05) is 36.4 Å². The van der Waals surface area contributed by atoms with Crippen molar-refractivity contribution in [2.75, 3.05) is 0 Å². The quantitative estimate of drug-likeness (QED) is 0.532. The maximum absolute atomic E-state index is 11.1. The molecule has 0 aliphatic rings. The summed E-state index contributed by atoms with van der Waals surface area (Å²) in [5, 5.41) is 0.904. The highest BCUT2D eigenvalue weighted by atomic mass is 16.5. The molecule has 0 saturated heterocycles. The lowest BCUT2D eigenvalue weighted by molar-refractivity contribution is -0.131. The van der Waals surface area contributed by atoms with Crippen molar-refractivity contribution in [3.05, 3.63) is 66.4 Å². The zero-order valence-corrected chi connectivity index (χ0v) is 12.4. The maximum Gasteiger partial charge on any atom is 0.308 e. The monoisotopic (exact) mass is 295 g/mol. The lowest BCUT2D eigenvalue weighted by atomic mass is 10.2. The average molecular weight is 295 g/mol. The Balaban J connectivity index is 1.73. The van der Waals surface area contributed by atoms with Crippen molar-refractivity contribution in [2.24, 2.45) is 0 Å². The van der Waals surface area contributed by atoms with E-state index in [1.54, 1.807) is 6.07 Å². The van der Waals surface area contributed by atoms with Crippen molar-refractivity contribution in [2.45, 2.75) is 20.3 Å². The van der Waals surface area contributed by atoms with Gasteiger partial charge in [-0.2, -0.15) is 0 Å². The minimum absolute atomic E-state index is 0.319. The number of esters is 1. The highest BCUT2D eigenvalue weighted by Crippen LogP contribution is 2.26. The van der Waals surface area contributed by atoms with Crippen molar-refractivity contribution >= 4 is 16.9 Å². The lowest BCUT2D eigenvalue weighted by Crippen LogP contribution is -2.03. The van der Waals surface area contributed by atoms with Gasteiger partial charge in [-0.05, 0) is 23.8 Å². The summed E-state index contributed by atoms with van der Waals surface area (Å²) in [7, 11) is 0. The molecule has 4 heteroatoms. The summed E-state index contributed by atoms with van der Waals surface area (Å²) in [5.41, 5.74) is 2.12. The number of ether oxygens (including phenoxy) is 2. The van der Waals surface area contributed by atoms with Gasteiger partial charge in [0.05, 0.1) is 12.1 Å². The molecule has 4 nitrogen and oxygen atoms in total. The molecule has 112 valence electrons. The predicted octanol–water partition coefficient (Wildman–Crippen LogP) is 3.74. The lowest BCUT2D eigenvalue weighted by Gasteiger charge is -2.08. The molecule has 0 N–H and O–H groups in total. The first-order chi connectivity index (χ1) is 10.7. The Kier molecular flexibility index (Phi) is 4.21. The molecule has 22 heavy (non-hydrogen) atoms. The van der Waals surface area contributed by atoms with Crippen LogP contribution in [0.5, 0.6) is 5.75 Å². The Morgan fingerprint density at radius 1 is 1.05 bits per heavy atom. The first-order valence-electron chi connectivity index (χ1n) is 7.12. The number of benzene rings is 2. The third-order valence-corrected chi connectivity index (χ3v) is 3.37. The molecule has 0 saturated carbocycles. The van der Waals surface area contributed by atoms with Gasteiger partial charge in [-0.25, -0.2) is 0 Å². The number of nitrogens with zero attached hydrogens (tertiary/aromatic N) is 1. The van der Waals surface area contributed by atoms with Gasteiger partial charge in [0.15, 0.2) is 0 Å². The van der Waals surface area contributed by atoms with E-state index in [0.29, 0.717) is 19.1 Å². The van der Waals surface area contributed by atoms with Crippen LogP contribution in [0, 0.1) is 0 Å². The fourth-order valence-electron chi connectivity index (χ4n) is 2.39. The largest absolute Gasteiger partial charge is 0.426 e. The number of carbonyl (C=O) groups excluding carboxylic acids is 1. The maximum atomic E-state index is 11.1. The van der Waals surface area contributed by atoms with Crippen LogP contribution in [0.15, 0.2) is 60.8 Å². The number of rotatable bonds is 5. The molecular formula is C18H17NO3. The minimum Gasteiger partial charge on any atom is -0.426 e. The van der Waals surface area contributed by atoms with E-state index in [1.165, 1.54) is 6.92 Å². The average Bonchev–Trinajstić information content (AvgIpc) is 2.92. The Bertz CT molecular complexity index is 777. The van der Waals surface area contributed by atoms with Gasteiger partial charge in [0.2, 0.25) is 0 Å². The van der Waals surface area contributed by atoms with Gasteiger partial charge in [0.1, 0.15) is 12.5 Å². The Labute approximate surface area is 128 Å². The molecule has 1 aromatic heterocycles. The van der Waals surface area contributed by atoms with Gasteiger partial charge in [-0.15, -0.1) is 0 Å². The number of carbonyl (C=O) groups is 1. The van der Waals surface area contributed by atoms with Gasteiger partial charge in [0, 0.05) is 18.5 Å². The van der Waals surface area contributed by atoms with E-state index < -0.39 is 0 Å². The van der Waals surface area contributed by atoms with Gasteiger partial charge >= 0.3 is 5.97 Å². The number of fused-ring (bicyclic) bond motifs is 1. The Hall–Kier alpha value is -2.59. The first-order valence-corrected chi connectivity index (χ1v) is 7.12. The normalized spacial score (nSPS) is 10.8. The standard InChI is InChI=1S/C18H17NO3/c1-14(20)22-18-9-5-8-17-16(18)10-11-19(17)13-21-12-15-6-3-2-4-7-15/h2-11H,12-13H2,1H3. The third-order valence-electron chi connectivity index (χ3n) is 3.37. The summed E-state index contributed by atoms with van der Waals surface area (Å²) in [6.07, 6.45) is 1.93. The topological polar surface area (TPSA) is 40.5 Å². The Morgan fingerprint density at radius 3 is 2.64 bits per heavy atom. The van der Waals surface area contributed by atoms with Crippen LogP contribution in [0.25, 0.3) is 10.9 Å². The predicted molar refractivity (Wildman–Crippen MR) is 84.5 cm³/mol. The Morgan fingerprint density at radius 2 is 1.86 bits per heavy atom. The van der Waals surface area contributed by atoms with Crippen molar-refractivity contribution in [1.82, 2.24) is 4.57 Å². The van der Waals surface area contributed by atoms with Crippen LogP contribution in [0.4, 0.5) is 0 Å². The van der Waals surface area contributed by atoms with E-state index in [-0.39, 0.29) is 5.97 Å². The molecule has 0 amide bonds. The van der Waals surface area contributed by atoms with E-state index in [2.05, 4.69) is 0 Å². The van der Waals surface area contributed by atoms with E-state index in [0.717, 1.165) is 16.5 Å². The zero-order valence-electron chi connectivity index (χ0n) is 12.4. The van der Waals surface area contributed by atoms with E-state index >= 15 is 0 Å². The van der Waals surface area contributed by atoms with Crippen LogP contribution in [-0.4, -0.2) is 10.5 Å². The van der Waals surface area contributed by atoms with Crippen LogP contribution in [0.1, 0.15) is 12.5 Å². The molecule has 3 rings (SSSR count). The van der Waals surface area contributed by atoms with Crippen LogP contribution in [-0.2, 0) is 22.9 Å². The van der Waals surface area contributed by atoms with Crippen molar-refractivity contribution in [3.63, 3.8) is 0 Å². The van der Waals surface area contributed by atoms with E-state index in [9.17, 15) is 4.79 Å². The molecule has 0 bridgehead atoms. The fraction of sp³-hybridized carbons (Fsp3) is 0.167. The van der Waals surface area contributed by atoms with Gasteiger partial charge in [-0.3, -0.25) is 4.79 Å². The summed E-state index contributed by atoms with van der Waals surface area (Å²) >= 11 is 0. The molecule has 0 aliphatic heterocycles. The summed E-state index contributed by atoms with van der Waals surface area (Å²) in [4.78, 5) is 11.1. The summed E-state index contributed by atoms with van der Waals surface area (Å²) in [6.45, 7) is 2.41. The zero-order chi connectivity index (χ0) is 15.4. The molecule has 1 heterocycles. The third kappa shape index (κ3) is 3.18. The van der Waals surface area contributed by atoms with Crippen LogP contribution >= 0.6 is 0 Å². The van der Waals surface area contributed by atoms with Crippen molar-refractivity contribution in [3.8, 4) is 5.75 Å². The molecule has 2 aromatic carbocycles. The summed E-state index contributed by atoms with van der Waals surface area (Å²) < 4.78 is 13.0. The van der Waals surface area contributed by atoms with Crippen LogP contribution < -0.4 is 4.74 Å². The SMILES string of the molecule is CC(=O)Oc1cccc2c1ccn2COCc1ccccc1. The molecule has 0 radical (unpaired) electrons. The second-order valence-corrected chi connectivity index (χ2v) is 5.03. The molecule has 0 atom stereocenters. The van der Waals surface area contributed by atoms with Gasteiger partial charge in [0.25, 0.3) is 0 Å². The molecule has 0 spiro atoms. The van der Waals surface area contributed by atoms with Gasteiger partial charge < -0.3 is 14.0 Å². The van der Waals surface area contributed by atoms with Crippen LogP contribution in [0.3, 0.4) is 0 Å². The smallest absolute Gasteiger partial charge is 0.308 e. The highest BCUT2D eigenvalue weighted by Gasteiger charge is 2.08. The highest BCUT2D eigenvalue weighted by molar-refractivity contribution is 5.88. The second kappa shape index (κ2) is 6.45. The minimum atomic E-state index is -0.319. The number of hydrogen-bond donors (Lipinski definition) is 0. The number of aromatic nitrogens is 1. The molecule has 0 fully saturated rings. The van der Waals surface area contributed by atoms with Crippen LogP contribution in [0.2, 0.25) is 0 Å². The summed E-state index contributed by atoms with van der Waals surface area (Å²) in [6, 6.07) is 17.6.